The van der Waals surface area contributed by atoms with Crippen molar-refractivity contribution >= 4 is 40.6 Å². The number of anilines is 2. The molecule has 3 aromatic carbocycles. The Kier molecular flexibility index (Phi) is 6.88. The first-order valence-electron chi connectivity index (χ1n) is 11.5. The number of hydrogen-bond donors (Lipinski definition) is 1. The number of nitrogens with one attached hydrogen (secondary N) is 1. The van der Waals surface area contributed by atoms with Crippen LogP contribution in [0.1, 0.15) is 40.1 Å². The van der Waals surface area contributed by atoms with E-state index < -0.39 is 24.2 Å². The smallest absolute Gasteiger partial charge is 0.362 e. The van der Waals surface area contributed by atoms with Crippen LogP contribution in [0.3, 0.4) is 0 Å². The monoisotopic (exact) mass is 544 g/mol. The van der Waals surface area contributed by atoms with Crippen molar-refractivity contribution in [1.82, 2.24) is 9.78 Å². The summed E-state index contributed by atoms with van der Waals surface area (Å²) in [6.45, 7) is 0.186. The van der Waals surface area contributed by atoms with Crippen LogP contribution in [0.5, 0.6) is 0 Å². The second kappa shape index (κ2) is 10.1. The highest BCUT2D eigenvalue weighted by molar-refractivity contribution is 6.36. The minimum absolute atomic E-state index is 0.0498. The van der Waals surface area contributed by atoms with Gasteiger partial charge >= 0.3 is 6.18 Å². The van der Waals surface area contributed by atoms with Crippen molar-refractivity contribution in [2.45, 2.75) is 31.2 Å². The van der Waals surface area contributed by atoms with Crippen molar-refractivity contribution < 1.29 is 18.0 Å². The van der Waals surface area contributed by atoms with Crippen LogP contribution in [-0.2, 0) is 6.54 Å². The highest BCUT2D eigenvalue weighted by Gasteiger charge is 2.48. The molecule has 0 aliphatic carbocycles. The third-order valence-electron chi connectivity index (χ3n) is 6.27. The molecule has 0 unspecified atom stereocenters. The summed E-state index contributed by atoms with van der Waals surface area (Å²) in [6.07, 6.45) is -4.93. The average molecular weight is 545 g/mol. The van der Waals surface area contributed by atoms with E-state index in [4.69, 9.17) is 23.2 Å². The minimum Gasteiger partial charge on any atom is -0.362 e. The number of nitrogens with zero attached hydrogens (tertiary/aromatic N) is 3. The van der Waals surface area contributed by atoms with Gasteiger partial charge in [-0.25, -0.2) is 4.68 Å². The lowest BCUT2D eigenvalue weighted by Crippen LogP contribution is -2.36. The van der Waals surface area contributed by atoms with E-state index in [9.17, 15) is 18.0 Å². The number of hydrogen-bond acceptors (Lipinski definition) is 3. The van der Waals surface area contributed by atoms with Crippen LogP contribution in [0.2, 0.25) is 10.0 Å². The van der Waals surface area contributed by atoms with E-state index in [1.54, 1.807) is 48.5 Å². The maximum absolute atomic E-state index is 14.2. The molecular weight excluding hydrogens is 524 g/mol. The lowest BCUT2D eigenvalue weighted by atomic mass is 9.97. The number of amides is 1. The van der Waals surface area contributed by atoms with Crippen LogP contribution >= 0.6 is 23.2 Å². The summed E-state index contributed by atoms with van der Waals surface area (Å²) in [5.74, 6) is -0.654. The van der Waals surface area contributed by atoms with Crippen molar-refractivity contribution in [2.75, 3.05) is 10.2 Å². The number of aromatic nitrogens is 2. The van der Waals surface area contributed by atoms with E-state index in [2.05, 4.69) is 10.4 Å². The summed E-state index contributed by atoms with van der Waals surface area (Å²) in [7, 11) is 0. The maximum atomic E-state index is 14.2. The van der Waals surface area contributed by atoms with Crippen molar-refractivity contribution in [3.8, 4) is 0 Å². The minimum atomic E-state index is -4.61. The molecule has 0 bridgehead atoms. The summed E-state index contributed by atoms with van der Waals surface area (Å²) in [5.41, 5.74) is 1.77. The van der Waals surface area contributed by atoms with E-state index in [1.807, 2.05) is 36.4 Å². The molecule has 190 valence electrons. The number of halogens is 5. The third kappa shape index (κ3) is 5.17. The van der Waals surface area contributed by atoms with Crippen LogP contribution in [-0.4, -0.2) is 21.9 Å². The molecule has 2 heterocycles. The molecule has 0 spiro atoms. The molecule has 10 heteroatoms. The zero-order valence-electron chi connectivity index (χ0n) is 19.3. The number of carbonyl (C=O) groups is 1. The van der Waals surface area contributed by atoms with E-state index in [-0.39, 0.29) is 29.5 Å². The summed E-state index contributed by atoms with van der Waals surface area (Å²) in [6, 6.07) is 22.0. The number of fused-ring (bicyclic) bond motifs is 1. The Morgan fingerprint density at radius 2 is 1.59 bits per heavy atom. The van der Waals surface area contributed by atoms with Gasteiger partial charge in [0.1, 0.15) is 10.8 Å². The Hall–Kier alpha value is -3.49. The molecule has 5 nitrogen and oxygen atoms in total. The van der Waals surface area contributed by atoms with Gasteiger partial charge in [-0.2, -0.15) is 18.3 Å². The van der Waals surface area contributed by atoms with Crippen molar-refractivity contribution in [2.24, 2.45) is 0 Å². The molecule has 4 aromatic rings. The highest BCUT2D eigenvalue weighted by Crippen LogP contribution is 2.46. The van der Waals surface area contributed by atoms with Crippen LogP contribution < -0.4 is 10.2 Å². The average Bonchev–Trinajstić information content (AvgIpc) is 3.23. The largest absolute Gasteiger partial charge is 0.410 e. The molecule has 1 aliphatic rings. The molecule has 1 N–H and O–H groups in total. The molecule has 0 fully saturated rings. The molecule has 0 saturated carbocycles. The lowest BCUT2D eigenvalue weighted by Gasteiger charge is -2.33. The van der Waals surface area contributed by atoms with Gasteiger partial charge in [0, 0.05) is 17.1 Å². The third-order valence-corrected chi connectivity index (χ3v) is 6.88. The Balaban J connectivity index is 1.55. The first-order chi connectivity index (χ1) is 17.7. The quantitative estimate of drug-likeness (QED) is 0.280. The number of carbonyl (C=O) groups excluding carboxylic acids is 1. The predicted molar refractivity (Wildman–Crippen MR) is 138 cm³/mol. The lowest BCUT2D eigenvalue weighted by molar-refractivity contribution is -0.173. The summed E-state index contributed by atoms with van der Waals surface area (Å²) < 4.78 is 43.3. The molecule has 0 radical (unpaired) electrons. The van der Waals surface area contributed by atoms with Gasteiger partial charge in [0.15, 0.2) is 11.7 Å². The molecule has 5 rings (SSSR count). The predicted octanol–water partition coefficient (Wildman–Crippen LogP) is 7.70. The van der Waals surface area contributed by atoms with Gasteiger partial charge in [-0.1, -0.05) is 83.9 Å². The van der Waals surface area contributed by atoms with Crippen molar-refractivity contribution in [3.05, 3.63) is 112 Å². The first kappa shape index (κ1) is 25.2. The summed E-state index contributed by atoms with van der Waals surface area (Å²) in [5, 5.41) is 7.49. The van der Waals surface area contributed by atoms with Gasteiger partial charge < -0.3 is 10.2 Å². The zero-order valence-corrected chi connectivity index (χ0v) is 20.8. The van der Waals surface area contributed by atoms with Crippen LogP contribution in [0.4, 0.5) is 24.7 Å². The van der Waals surface area contributed by atoms with Gasteiger partial charge in [-0.05, 0) is 35.4 Å². The topological polar surface area (TPSA) is 50.2 Å². The number of benzene rings is 3. The summed E-state index contributed by atoms with van der Waals surface area (Å²) >= 11 is 12.5. The van der Waals surface area contributed by atoms with Gasteiger partial charge in [0.25, 0.3) is 5.91 Å². The maximum Gasteiger partial charge on any atom is 0.410 e. The van der Waals surface area contributed by atoms with E-state index in [1.165, 1.54) is 4.90 Å². The Labute approximate surface area is 221 Å². The standard InChI is InChI=1S/C27H21Cl2F3N4O/c28-19-13-11-18(12-14-19)21-15-22(27(30,31)32)36-25(33-21)23(29)24(34-36)26(37)35(20-9-5-2-6-10-20)16-17-7-3-1-4-8-17/h1-14,21-22,33H,15-16H2/t21-,22+/m0/s1. The van der Waals surface area contributed by atoms with Gasteiger partial charge in [-0.3, -0.25) is 4.79 Å². The Morgan fingerprint density at radius 1 is 0.973 bits per heavy atom. The van der Waals surface area contributed by atoms with Crippen LogP contribution in [0, 0.1) is 0 Å². The molecular formula is C27H21Cl2F3N4O. The fourth-order valence-corrected chi connectivity index (χ4v) is 4.81. The van der Waals surface area contributed by atoms with Crippen LogP contribution in [0.15, 0.2) is 84.9 Å². The van der Waals surface area contributed by atoms with Crippen LogP contribution in [0.25, 0.3) is 0 Å². The highest BCUT2D eigenvalue weighted by atomic mass is 35.5. The van der Waals surface area contributed by atoms with E-state index in [0.717, 1.165) is 10.2 Å². The zero-order chi connectivity index (χ0) is 26.2. The normalized spacial score (nSPS) is 17.1. The molecule has 2 atom stereocenters. The molecule has 0 saturated heterocycles. The number of rotatable bonds is 5. The van der Waals surface area contributed by atoms with E-state index in [0.29, 0.717) is 16.3 Å². The molecule has 1 amide bonds. The molecule has 1 aromatic heterocycles. The van der Waals surface area contributed by atoms with Gasteiger partial charge in [-0.15, -0.1) is 0 Å². The summed E-state index contributed by atoms with van der Waals surface area (Å²) in [4.78, 5) is 15.2. The molecule has 37 heavy (non-hydrogen) atoms. The van der Waals surface area contributed by atoms with E-state index >= 15 is 0 Å². The SMILES string of the molecule is O=C(c1nn2c(c1Cl)N[C@H](c1ccc(Cl)cc1)C[C@@H]2C(F)(F)F)N(Cc1ccccc1)c1ccccc1. The number of alkyl halides is 3. The fourth-order valence-electron chi connectivity index (χ4n) is 4.42. The number of para-hydroxylation sites is 1. The second-order valence-corrected chi connectivity index (χ2v) is 9.52. The van der Waals surface area contributed by atoms with Gasteiger partial charge in [0.2, 0.25) is 0 Å². The molecule has 1 aliphatic heterocycles. The van der Waals surface area contributed by atoms with Crippen molar-refractivity contribution in [3.63, 3.8) is 0 Å². The van der Waals surface area contributed by atoms with Crippen molar-refractivity contribution in [1.29, 1.82) is 0 Å². The Morgan fingerprint density at radius 3 is 2.22 bits per heavy atom. The second-order valence-electron chi connectivity index (χ2n) is 8.71. The Bertz CT molecular complexity index is 1390. The fraction of sp³-hybridized carbons (Fsp3) is 0.185. The first-order valence-corrected chi connectivity index (χ1v) is 12.3. The van der Waals surface area contributed by atoms with Gasteiger partial charge in [0.05, 0.1) is 12.6 Å².